The fourth-order valence-corrected chi connectivity index (χ4v) is 5.29. The lowest BCUT2D eigenvalue weighted by Gasteiger charge is -2.28. The summed E-state index contributed by atoms with van der Waals surface area (Å²) in [4.78, 5) is 35.7. The molecule has 3 N–H and O–H groups in total. The van der Waals surface area contributed by atoms with Gasteiger partial charge in [-0.15, -0.1) is 11.3 Å². The fraction of sp³-hybridized carbons (Fsp3) is 0.350. The highest BCUT2D eigenvalue weighted by Crippen LogP contribution is 2.33. The number of imide groups is 1. The van der Waals surface area contributed by atoms with Crippen LogP contribution in [0.1, 0.15) is 46.4 Å². The van der Waals surface area contributed by atoms with Crippen molar-refractivity contribution in [1.82, 2.24) is 10.0 Å². The molecule has 0 saturated heterocycles. The third-order valence-corrected chi connectivity index (χ3v) is 7.37. The second-order valence-corrected chi connectivity index (χ2v) is 9.97. The van der Waals surface area contributed by atoms with E-state index in [0.717, 1.165) is 18.4 Å². The molecule has 13 heteroatoms. The molecule has 178 valence electrons. The molecule has 0 spiro atoms. The second kappa shape index (κ2) is 9.93. The van der Waals surface area contributed by atoms with Crippen LogP contribution in [0.3, 0.4) is 0 Å². The van der Waals surface area contributed by atoms with E-state index in [1.54, 1.807) is 5.38 Å². The van der Waals surface area contributed by atoms with Crippen LogP contribution < -0.4 is 15.4 Å². The number of nitrogens with one attached hydrogen (secondary N) is 3. The number of methoxy groups -OCH3 is 1. The standard InChI is InChI=1S/C20H21F2N3O6S2/c1-31-19(28)24-17(27)15-8-11-32-18(15)23-16(26)12-2-4-14(5-3-12)33(29,30)25-13-6-9-20(21,22)10-7-13/h2-5,8,11,13,25H,6-7,9-10H2,1H3,(H,23,26)(H,24,27,28). The Morgan fingerprint density at radius 1 is 1.06 bits per heavy atom. The summed E-state index contributed by atoms with van der Waals surface area (Å²) in [5.74, 6) is -4.12. The number of alkyl halides is 2. The SMILES string of the molecule is COC(=O)NC(=O)c1ccsc1NC(=O)c1ccc(S(=O)(=O)NC2CCC(F)(F)CC2)cc1. The first-order valence-electron chi connectivity index (χ1n) is 9.79. The largest absolute Gasteiger partial charge is 0.453 e. The molecule has 1 fully saturated rings. The first-order chi connectivity index (χ1) is 15.5. The number of rotatable bonds is 6. The highest BCUT2D eigenvalue weighted by molar-refractivity contribution is 7.89. The normalized spacial score (nSPS) is 16.1. The van der Waals surface area contributed by atoms with Crippen molar-refractivity contribution < 1.29 is 36.3 Å². The number of benzene rings is 1. The van der Waals surface area contributed by atoms with Gasteiger partial charge in [0.2, 0.25) is 15.9 Å². The number of sulfonamides is 1. The van der Waals surface area contributed by atoms with Crippen LogP contribution in [0.5, 0.6) is 0 Å². The average Bonchev–Trinajstić information content (AvgIpc) is 3.23. The maximum atomic E-state index is 13.3. The molecule has 1 aliphatic rings. The predicted octanol–water partition coefficient (Wildman–Crippen LogP) is 3.35. The zero-order chi connectivity index (χ0) is 24.2. The van der Waals surface area contributed by atoms with Crippen LogP contribution in [-0.2, 0) is 14.8 Å². The summed E-state index contributed by atoms with van der Waals surface area (Å²) in [7, 11) is -2.84. The third kappa shape index (κ3) is 6.33. The summed E-state index contributed by atoms with van der Waals surface area (Å²) < 4.78 is 58.4. The maximum Gasteiger partial charge on any atom is 0.413 e. The monoisotopic (exact) mass is 501 g/mol. The molecule has 33 heavy (non-hydrogen) atoms. The van der Waals surface area contributed by atoms with Gasteiger partial charge in [-0.25, -0.2) is 26.7 Å². The predicted molar refractivity (Wildman–Crippen MR) is 116 cm³/mol. The molecule has 0 unspecified atom stereocenters. The molecule has 9 nitrogen and oxygen atoms in total. The molecule has 1 heterocycles. The van der Waals surface area contributed by atoms with Crippen LogP contribution in [0.2, 0.25) is 0 Å². The molecule has 0 bridgehead atoms. The van der Waals surface area contributed by atoms with Crippen LogP contribution in [0.4, 0.5) is 18.6 Å². The topological polar surface area (TPSA) is 131 Å². The van der Waals surface area contributed by atoms with Crippen molar-refractivity contribution in [2.75, 3.05) is 12.4 Å². The molecular weight excluding hydrogens is 480 g/mol. The van der Waals surface area contributed by atoms with Gasteiger partial charge in [0.25, 0.3) is 11.8 Å². The smallest absolute Gasteiger partial charge is 0.413 e. The molecule has 2 aromatic rings. The number of hydrogen-bond acceptors (Lipinski definition) is 7. The first-order valence-corrected chi connectivity index (χ1v) is 12.2. The Morgan fingerprint density at radius 3 is 2.30 bits per heavy atom. The summed E-state index contributed by atoms with van der Waals surface area (Å²) in [6, 6.07) is 5.88. The third-order valence-electron chi connectivity index (χ3n) is 5.00. The highest BCUT2D eigenvalue weighted by Gasteiger charge is 2.36. The highest BCUT2D eigenvalue weighted by atomic mass is 32.2. The van der Waals surface area contributed by atoms with E-state index in [0.29, 0.717) is 0 Å². The Balaban J connectivity index is 1.65. The molecule has 0 radical (unpaired) electrons. The van der Waals surface area contributed by atoms with E-state index in [4.69, 9.17) is 0 Å². The van der Waals surface area contributed by atoms with Crippen LogP contribution >= 0.6 is 11.3 Å². The lowest BCUT2D eigenvalue weighted by Crippen LogP contribution is -2.40. The summed E-state index contributed by atoms with van der Waals surface area (Å²) in [6.07, 6.45) is -1.61. The molecule has 1 aromatic carbocycles. The van der Waals surface area contributed by atoms with Gasteiger partial charge < -0.3 is 10.1 Å². The zero-order valence-electron chi connectivity index (χ0n) is 17.4. The number of halogens is 2. The van der Waals surface area contributed by atoms with E-state index in [1.807, 2.05) is 5.32 Å². The summed E-state index contributed by atoms with van der Waals surface area (Å²) in [5, 5.41) is 6.26. The molecule has 1 aromatic heterocycles. The van der Waals surface area contributed by atoms with Crippen molar-refractivity contribution in [2.24, 2.45) is 0 Å². The maximum absolute atomic E-state index is 13.3. The van der Waals surface area contributed by atoms with Gasteiger partial charge >= 0.3 is 6.09 Å². The van der Waals surface area contributed by atoms with Gasteiger partial charge in [0, 0.05) is 24.4 Å². The Kier molecular flexibility index (Phi) is 7.44. The summed E-state index contributed by atoms with van der Waals surface area (Å²) >= 11 is 1.06. The molecule has 3 rings (SSSR count). The zero-order valence-corrected chi connectivity index (χ0v) is 19.0. The van der Waals surface area contributed by atoms with Crippen molar-refractivity contribution in [3.8, 4) is 0 Å². The summed E-state index contributed by atoms with van der Waals surface area (Å²) in [5.41, 5.74) is 0.180. The van der Waals surface area contributed by atoms with Crippen LogP contribution in [0.25, 0.3) is 0 Å². The number of carbonyl (C=O) groups is 3. The number of hydrogen-bond donors (Lipinski definition) is 3. The minimum absolute atomic E-state index is 0.0411. The van der Waals surface area contributed by atoms with E-state index in [-0.39, 0.29) is 46.7 Å². The van der Waals surface area contributed by atoms with Crippen LogP contribution in [-0.4, -0.2) is 45.4 Å². The van der Waals surface area contributed by atoms with Crippen molar-refractivity contribution >= 4 is 44.3 Å². The molecule has 0 atom stereocenters. The minimum Gasteiger partial charge on any atom is -0.453 e. The number of ether oxygens (including phenoxy) is 1. The van der Waals surface area contributed by atoms with Gasteiger partial charge in [-0.3, -0.25) is 14.9 Å². The lowest BCUT2D eigenvalue weighted by atomic mass is 9.93. The van der Waals surface area contributed by atoms with Crippen molar-refractivity contribution in [3.05, 3.63) is 46.8 Å². The number of thiophene rings is 1. The number of alkyl carbamates (subject to hydrolysis) is 1. The van der Waals surface area contributed by atoms with E-state index in [2.05, 4.69) is 14.8 Å². The van der Waals surface area contributed by atoms with E-state index >= 15 is 0 Å². The van der Waals surface area contributed by atoms with Gasteiger partial charge in [0.1, 0.15) is 5.00 Å². The fourth-order valence-electron chi connectivity index (χ4n) is 3.20. The van der Waals surface area contributed by atoms with Gasteiger partial charge in [0.15, 0.2) is 0 Å². The summed E-state index contributed by atoms with van der Waals surface area (Å²) in [6.45, 7) is 0. The van der Waals surface area contributed by atoms with E-state index in [1.165, 1.54) is 30.3 Å². The molecule has 1 aliphatic carbocycles. The second-order valence-electron chi connectivity index (χ2n) is 7.34. The quantitative estimate of drug-likeness (QED) is 0.557. The molecule has 0 aliphatic heterocycles. The minimum atomic E-state index is -3.94. The number of amides is 3. The Hall–Kier alpha value is -2.90. The lowest BCUT2D eigenvalue weighted by molar-refractivity contribution is -0.0387. The molecular formula is C20H21F2N3O6S2. The van der Waals surface area contributed by atoms with Crippen molar-refractivity contribution in [2.45, 2.75) is 42.5 Å². The Labute approximate surface area is 192 Å². The van der Waals surface area contributed by atoms with Gasteiger partial charge in [0.05, 0.1) is 17.6 Å². The van der Waals surface area contributed by atoms with E-state index in [9.17, 15) is 31.6 Å². The molecule has 3 amide bonds. The van der Waals surface area contributed by atoms with Gasteiger partial charge in [-0.1, -0.05) is 0 Å². The molecule has 1 saturated carbocycles. The van der Waals surface area contributed by atoms with Gasteiger partial charge in [-0.2, -0.15) is 0 Å². The van der Waals surface area contributed by atoms with Gasteiger partial charge in [-0.05, 0) is 48.6 Å². The number of carbonyl (C=O) groups excluding carboxylic acids is 3. The van der Waals surface area contributed by atoms with Crippen molar-refractivity contribution in [3.63, 3.8) is 0 Å². The number of anilines is 1. The first kappa shape index (κ1) is 24.7. The van der Waals surface area contributed by atoms with Crippen LogP contribution in [0, 0.1) is 0 Å². The van der Waals surface area contributed by atoms with E-state index < -0.39 is 39.9 Å². The Morgan fingerprint density at radius 2 is 1.70 bits per heavy atom. The van der Waals surface area contributed by atoms with Crippen LogP contribution in [0.15, 0.2) is 40.6 Å². The average molecular weight is 502 g/mol. The Bertz CT molecular complexity index is 1140. The van der Waals surface area contributed by atoms with Crippen molar-refractivity contribution in [1.29, 1.82) is 0 Å².